The second-order valence-electron chi connectivity index (χ2n) is 7.15. The molecule has 0 radical (unpaired) electrons. The van der Waals surface area contributed by atoms with Crippen LogP contribution < -0.4 is 4.74 Å². The smallest absolute Gasteiger partial charge is 0.340 e. The van der Waals surface area contributed by atoms with Gasteiger partial charge >= 0.3 is 11.9 Å². The number of aryl methyl sites for hydroxylation is 1. The van der Waals surface area contributed by atoms with Gasteiger partial charge in [0.15, 0.2) is 0 Å². The lowest BCUT2D eigenvalue weighted by Crippen LogP contribution is -2.17. The third-order valence-electron chi connectivity index (χ3n) is 4.55. The van der Waals surface area contributed by atoms with Crippen molar-refractivity contribution in [2.24, 2.45) is 0 Å². The maximum absolute atomic E-state index is 12.6. The lowest BCUT2D eigenvalue weighted by molar-refractivity contribution is 0.0263. The summed E-state index contributed by atoms with van der Waals surface area (Å²) in [5.41, 5.74) is 1.05. The largest absolute Gasteiger partial charge is 0.744 e. The summed E-state index contributed by atoms with van der Waals surface area (Å²) in [7, 11) is -3.16. The number of benzene rings is 2. The summed E-state index contributed by atoms with van der Waals surface area (Å²) in [6.07, 6.45) is 0. The Morgan fingerprint density at radius 2 is 1.58 bits per heavy atom. The van der Waals surface area contributed by atoms with Crippen LogP contribution in [0.3, 0.4) is 0 Å². The lowest BCUT2D eigenvalue weighted by atomic mass is 9.97. The molecule has 0 spiro atoms. The molecule has 0 aliphatic rings. The van der Waals surface area contributed by atoms with Crippen molar-refractivity contribution in [3.05, 3.63) is 51.2 Å². The molecule has 0 heterocycles. The molecule has 0 unspecified atom stereocenters. The third kappa shape index (κ3) is 6.91. The highest BCUT2D eigenvalue weighted by Gasteiger charge is 2.22. The molecule has 12 heteroatoms. The van der Waals surface area contributed by atoms with Crippen molar-refractivity contribution in [1.82, 2.24) is 0 Å². The molecule has 2 rings (SSSR count). The van der Waals surface area contributed by atoms with Crippen LogP contribution in [0.15, 0.2) is 23.1 Å². The highest BCUT2D eigenvalue weighted by molar-refractivity contribution is 14.1. The zero-order chi connectivity index (χ0) is 25.1. The molecule has 33 heavy (non-hydrogen) atoms. The number of hydrogen-bond donors (Lipinski definition) is 0. The number of carbonyl (C=O) groups excluding carboxylic acids is 2. The molecule has 0 saturated heterocycles. The van der Waals surface area contributed by atoms with E-state index in [-0.39, 0.29) is 35.2 Å². The van der Waals surface area contributed by atoms with Gasteiger partial charge in [0.25, 0.3) is 0 Å². The van der Waals surface area contributed by atoms with E-state index in [1.165, 1.54) is 26.2 Å². The first-order valence-electron chi connectivity index (χ1n) is 9.45. The summed E-state index contributed by atoms with van der Waals surface area (Å²) in [6, 6.07) is 4.35. The topological polar surface area (TPSA) is 119 Å². The predicted octanol–water partition coefficient (Wildman–Crippen LogP) is 4.86. The molecule has 2 aromatic rings. The van der Waals surface area contributed by atoms with E-state index >= 15 is 0 Å². The average Bonchev–Trinajstić information content (AvgIpc) is 2.69. The second kappa shape index (κ2) is 11.8. The summed E-state index contributed by atoms with van der Waals surface area (Å²) in [4.78, 5) is 24.8. The SMILES string of the molecule is COc1c(I)cc(I)c(C(=O)OCCOC(=O)c2cc(C(C)C)c(S(=O)(=O)[O-])cc2C)c1I. The Labute approximate surface area is 233 Å². The quantitative estimate of drug-likeness (QED) is 0.161. The number of carbonyl (C=O) groups is 2. The van der Waals surface area contributed by atoms with Crippen molar-refractivity contribution in [1.29, 1.82) is 0 Å². The number of ether oxygens (including phenoxy) is 3. The summed E-state index contributed by atoms with van der Waals surface area (Å²) in [6.45, 7) is 4.58. The van der Waals surface area contributed by atoms with Gasteiger partial charge in [-0.1, -0.05) is 13.8 Å². The van der Waals surface area contributed by atoms with Gasteiger partial charge in [0.05, 0.1) is 30.3 Å². The fraction of sp³-hybridized carbons (Fsp3) is 0.333. The van der Waals surface area contributed by atoms with E-state index in [0.717, 1.165) is 3.57 Å². The Balaban J connectivity index is 2.10. The Kier molecular flexibility index (Phi) is 10.2. The van der Waals surface area contributed by atoms with Gasteiger partial charge in [0.2, 0.25) is 0 Å². The van der Waals surface area contributed by atoms with E-state index in [0.29, 0.717) is 24.0 Å². The van der Waals surface area contributed by atoms with Gasteiger partial charge in [-0.05, 0) is 110 Å². The van der Waals surface area contributed by atoms with Crippen LogP contribution in [0.2, 0.25) is 0 Å². The van der Waals surface area contributed by atoms with E-state index in [4.69, 9.17) is 14.2 Å². The molecular weight excluding hydrogens is 793 g/mol. The van der Waals surface area contributed by atoms with Gasteiger partial charge in [-0.15, -0.1) is 0 Å². The lowest BCUT2D eigenvalue weighted by Gasteiger charge is -2.18. The van der Waals surface area contributed by atoms with Gasteiger partial charge in [0, 0.05) is 3.57 Å². The maximum Gasteiger partial charge on any atom is 0.340 e. The number of methoxy groups -OCH3 is 1. The Bertz CT molecular complexity index is 1190. The van der Waals surface area contributed by atoms with Crippen LogP contribution in [0.4, 0.5) is 0 Å². The first kappa shape index (κ1) is 28.5. The Morgan fingerprint density at radius 3 is 2.09 bits per heavy atom. The monoisotopic (exact) mass is 813 g/mol. The molecule has 0 aromatic heterocycles. The van der Waals surface area contributed by atoms with Gasteiger partial charge in [-0.2, -0.15) is 0 Å². The number of hydrogen-bond acceptors (Lipinski definition) is 8. The third-order valence-corrected chi connectivity index (χ3v) is 8.13. The van der Waals surface area contributed by atoms with E-state index in [9.17, 15) is 22.6 Å². The molecule has 0 aliphatic heterocycles. The van der Waals surface area contributed by atoms with Gasteiger partial charge in [0.1, 0.15) is 29.1 Å². The molecule has 0 N–H and O–H groups in total. The predicted molar refractivity (Wildman–Crippen MR) is 145 cm³/mol. The van der Waals surface area contributed by atoms with E-state index < -0.39 is 22.1 Å². The van der Waals surface area contributed by atoms with Crippen molar-refractivity contribution in [3.8, 4) is 5.75 Å². The van der Waals surface area contributed by atoms with Crippen LogP contribution in [0.25, 0.3) is 0 Å². The minimum absolute atomic E-state index is 0.142. The van der Waals surface area contributed by atoms with E-state index in [1.54, 1.807) is 19.9 Å². The van der Waals surface area contributed by atoms with Crippen LogP contribution >= 0.6 is 67.8 Å². The van der Waals surface area contributed by atoms with E-state index in [1.807, 2.05) is 45.2 Å². The van der Waals surface area contributed by atoms with Crippen molar-refractivity contribution in [3.63, 3.8) is 0 Å². The zero-order valence-electron chi connectivity index (χ0n) is 18.0. The molecule has 0 saturated carbocycles. The van der Waals surface area contributed by atoms with Gasteiger partial charge in [-0.3, -0.25) is 0 Å². The summed E-state index contributed by atoms with van der Waals surface area (Å²) < 4.78 is 52.7. The van der Waals surface area contributed by atoms with Crippen molar-refractivity contribution >= 4 is 89.8 Å². The van der Waals surface area contributed by atoms with Crippen LogP contribution in [-0.2, 0) is 19.6 Å². The van der Waals surface area contributed by atoms with Gasteiger partial charge < -0.3 is 18.8 Å². The summed E-state index contributed by atoms with van der Waals surface area (Å²) in [5, 5.41) is 0. The Morgan fingerprint density at radius 1 is 1.00 bits per heavy atom. The maximum atomic E-state index is 12.6. The molecule has 0 bridgehead atoms. The fourth-order valence-corrected chi connectivity index (χ4v) is 8.11. The molecule has 2 aromatic carbocycles. The summed E-state index contributed by atoms with van der Waals surface area (Å²) in [5.74, 6) is -0.999. The zero-order valence-corrected chi connectivity index (χ0v) is 25.3. The second-order valence-corrected chi connectivity index (χ2v) is 11.9. The molecular formula is C21H20I3O8S-. The minimum Gasteiger partial charge on any atom is -0.744 e. The molecule has 180 valence electrons. The number of esters is 2. The molecule has 0 atom stereocenters. The fourth-order valence-electron chi connectivity index (χ4n) is 2.95. The molecule has 0 aliphatic carbocycles. The highest BCUT2D eigenvalue weighted by Crippen LogP contribution is 2.33. The first-order chi connectivity index (χ1) is 15.3. The van der Waals surface area contributed by atoms with Crippen molar-refractivity contribution < 1.29 is 36.8 Å². The minimum atomic E-state index is -4.69. The van der Waals surface area contributed by atoms with Crippen LogP contribution in [-0.4, -0.2) is 45.2 Å². The standard InChI is InChI=1S/C21H21I3O8S/c1-10(2)12-8-13(11(3)7-16(12)33(27,28)29)20(25)31-5-6-32-21(26)17-14(22)9-15(23)19(30-4)18(17)24/h7-10H,5-6H2,1-4H3,(H,27,28,29)/p-1. The van der Waals surface area contributed by atoms with Crippen molar-refractivity contribution in [2.45, 2.75) is 31.6 Å². The Hall–Kier alpha value is -0.720. The van der Waals surface area contributed by atoms with Crippen LogP contribution in [0.5, 0.6) is 5.75 Å². The molecule has 0 fully saturated rings. The van der Waals surface area contributed by atoms with Crippen LogP contribution in [0.1, 0.15) is 51.6 Å². The molecule has 8 nitrogen and oxygen atoms in total. The van der Waals surface area contributed by atoms with E-state index in [2.05, 4.69) is 22.6 Å². The average molecular weight is 813 g/mol. The van der Waals surface area contributed by atoms with Gasteiger partial charge in [-0.25, -0.2) is 18.0 Å². The van der Waals surface area contributed by atoms with Crippen molar-refractivity contribution in [2.75, 3.05) is 20.3 Å². The highest BCUT2D eigenvalue weighted by atomic mass is 127. The normalized spacial score (nSPS) is 11.4. The van der Waals surface area contributed by atoms with Crippen LogP contribution in [0, 0.1) is 17.6 Å². The summed E-state index contributed by atoms with van der Waals surface area (Å²) >= 11 is 6.18. The molecule has 0 amide bonds. The number of halogens is 3. The first-order valence-corrected chi connectivity index (χ1v) is 14.1. The number of rotatable bonds is 8.